The standard InChI is InChI=1S/C22H37N5O/c1-23-22(24-15-8-16-27(4)20-9-6-5-7-10-20)25-17-18-11-13-19(14-12-18)21(28)26(2)3/h11-14,20H,5-10,15-17H2,1-4H3,(H2,23,24,25). The Hall–Kier alpha value is -2.08. The van der Waals surface area contributed by atoms with Crippen LogP contribution in [-0.2, 0) is 6.54 Å². The highest BCUT2D eigenvalue weighted by Gasteiger charge is 2.17. The number of hydrogen-bond donors (Lipinski definition) is 2. The van der Waals surface area contributed by atoms with E-state index in [1.807, 2.05) is 24.3 Å². The summed E-state index contributed by atoms with van der Waals surface area (Å²) >= 11 is 0. The van der Waals surface area contributed by atoms with Crippen molar-refractivity contribution < 1.29 is 4.79 Å². The lowest BCUT2D eigenvalue weighted by molar-refractivity contribution is 0.0827. The number of carbonyl (C=O) groups excluding carboxylic acids is 1. The molecule has 6 heteroatoms. The molecule has 6 nitrogen and oxygen atoms in total. The normalized spacial score (nSPS) is 15.5. The van der Waals surface area contributed by atoms with Gasteiger partial charge in [-0.25, -0.2) is 0 Å². The van der Waals surface area contributed by atoms with Crippen LogP contribution in [0.2, 0.25) is 0 Å². The second-order valence-corrected chi connectivity index (χ2v) is 7.88. The first-order valence-corrected chi connectivity index (χ1v) is 10.5. The van der Waals surface area contributed by atoms with Crippen LogP contribution in [0.15, 0.2) is 29.3 Å². The number of benzene rings is 1. The fourth-order valence-corrected chi connectivity index (χ4v) is 3.67. The maximum absolute atomic E-state index is 11.9. The van der Waals surface area contributed by atoms with Crippen LogP contribution in [0.5, 0.6) is 0 Å². The van der Waals surface area contributed by atoms with Crippen molar-refractivity contribution in [2.75, 3.05) is 41.3 Å². The second kappa shape index (κ2) is 11.7. The molecule has 1 aromatic rings. The lowest BCUT2D eigenvalue weighted by Gasteiger charge is -2.31. The summed E-state index contributed by atoms with van der Waals surface area (Å²) in [4.78, 5) is 20.3. The van der Waals surface area contributed by atoms with Crippen LogP contribution in [0.4, 0.5) is 0 Å². The summed E-state index contributed by atoms with van der Waals surface area (Å²) < 4.78 is 0. The van der Waals surface area contributed by atoms with Crippen molar-refractivity contribution in [3.63, 3.8) is 0 Å². The molecule has 1 aliphatic rings. The Kier molecular flexibility index (Phi) is 9.28. The molecule has 0 saturated heterocycles. The second-order valence-electron chi connectivity index (χ2n) is 7.88. The summed E-state index contributed by atoms with van der Waals surface area (Å²) in [5.41, 5.74) is 1.83. The Morgan fingerprint density at radius 2 is 1.75 bits per heavy atom. The Balaban J connectivity index is 1.67. The zero-order valence-corrected chi connectivity index (χ0v) is 18.0. The highest BCUT2D eigenvalue weighted by atomic mass is 16.2. The van der Waals surface area contributed by atoms with Gasteiger partial charge in [0.1, 0.15) is 0 Å². The van der Waals surface area contributed by atoms with Gasteiger partial charge in [0.2, 0.25) is 0 Å². The molecule has 0 atom stereocenters. The van der Waals surface area contributed by atoms with Crippen LogP contribution in [0.3, 0.4) is 0 Å². The molecule has 1 aromatic carbocycles. The van der Waals surface area contributed by atoms with Gasteiger partial charge in [-0.2, -0.15) is 0 Å². The number of carbonyl (C=O) groups is 1. The molecule has 0 unspecified atom stereocenters. The third-order valence-corrected chi connectivity index (χ3v) is 5.47. The molecule has 2 N–H and O–H groups in total. The van der Waals surface area contributed by atoms with Gasteiger partial charge < -0.3 is 20.4 Å². The van der Waals surface area contributed by atoms with E-state index in [2.05, 4.69) is 27.6 Å². The maximum Gasteiger partial charge on any atom is 0.253 e. The lowest BCUT2D eigenvalue weighted by Crippen LogP contribution is -2.39. The largest absolute Gasteiger partial charge is 0.356 e. The first kappa shape index (κ1) is 22.2. The van der Waals surface area contributed by atoms with E-state index in [0.29, 0.717) is 12.1 Å². The Labute approximate surface area is 170 Å². The van der Waals surface area contributed by atoms with Gasteiger partial charge in [-0.05, 0) is 50.6 Å². The van der Waals surface area contributed by atoms with E-state index in [0.717, 1.165) is 37.1 Å². The molecule has 28 heavy (non-hydrogen) atoms. The van der Waals surface area contributed by atoms with Gasteiger partial charge in [-0.15, -0.1) is 0 Å². The molecule has 1 amide bonds. The third-order valence-electron chi connectivity index (χ3n) is 5.47. The molecule has 156 valence electrons. The van der Waals surface area contributed by atoms with E-state index in [4.69, 9.17) is 0 Å². The molecule has 0 radical (unpaired) electrons. The van der Waals surface area contributed by atoms with Crippen molar-refractivity contribution in [3.05, 3.63) is 35.4 Å². The van der Waals surface area contributed by atoms with Crippen molar-refractivity contribution in [1.29, 1.82) is 0 Å². The fraction of sp³-hybridized carbons (Fsp3) is 0.636. The minimum atomic E-state index is 0.0233. The zero-order chi connectivity index (χ0) is 20.4. The number of nitrogens with zero attached hydrogens (tertiary/aromatic N) is 3. The average Bonchev–Trinajstić information content (AvgIpc) is 2.73. The van der Waals surface area contributed by atoms with Crippen molar-refractivity contribution in [2.24, 2.45) is 4.99 Å². The molecule has 0 heterocycles. The Morgan fingerprint density at radius 1 is 1.07 bits per heavy atom. The summed E-state index contributed by atoms with van der Waals surface area (Å²) in [7, 11) is 7.58. The molecule has 1 fully saturated rings. The number of nitrogens with one attached hydrogen (secondary N) is 2. The van der Waals surface area contributed by atoms with Gasteiger partial charge in [0.15, 0.2) is 5.96 Å². The van der Waals surface area contributed by atoms with E-state index in [1.54, 1.807) is 26.0 Å². The number of rotatable bonds is 8. The molecule has 0 aromatic heterocycles. The van der Waals surface area contributed by atoms with Crippen molar-refractivity contribution in [2.45, 2.75) is 51.1 Å². The SMILES string of the molecule is CN=C(NCCCN(C)C1CCCCC1)NCc1ccc(C(=O)N(C)C)cc1. The smallest absolute Gasteiger partial charge is 0.253 e. The molecule has 1 saturated carbocycles. The molecule has 0 bridgehead atoms. The number of amides is 1. The minimum Gasteiger partial charge on any atom is -0.356 e. The van der Waals surface area contributed by atoms with Crippen LogP contribution in [0.1, 0.15) is 54.4 Å². The molecule has 1 aliphatic carbocycles. The van der Waals surface area contributed by atoms with Gasteiger partial charge in [0, 0.05) is 45.8 Å². The van der Waals surface area contributed by atoms with Crippen molar-refractivity contribution in [3.8, 4) is 0 Å². The summed E-state index contributed by atoms with van der Waals surface area (Å²) in [6, 6.07) is 8.48. The summed E-state index contributed by atoms with van der Waals surface area (Å²) in [6.07, 6.45) is 7.98. The molecule has 0 aliphatic heterocycles. The summed E-state index contributed by atoms with van der Waals surface area (Å²) in [6.45, 7) is 2.71. The monoisotopic (exact) mass is 387 g/mol. The van der Waals surface area contributed by atoms with Crippen LogP contribution in [-0.4, -0.2) is 69.0 Å². The van der Waals surface area contributed by atoms with Gasteiger partial charge in [0.05, 0.1) is 0 Å². The first-order chi connectivity index (χ1) is 13.5. The van der Waals surface area contributed by atoms with Gasteiger partial charge >= 0.3 is 0 Å². The quantitative estimate of drug-likeness (QED) is 0.409. The molecule has 0 spiro atoms. The Bertz CT molecular complexity index is 620. The van der Waals surface area contributed by atoms with E-state index < -0.39 is 0 Å². The predicted octanol–water partition coefficient (Wildman–Crippen LogP) is 2.71. The van der Waals surface area contributed by atoms with Crippen molar-refractivity contribution >= 4 is 11.9 Å². The molecular weight excluding hydrogens is 350 g/mol. The first-order valence-electron chi connectivity index (χ1n) is 10.5. The van der Waals surface area contributed by atoms with E-state index >= 15 is 0 Å². The number of hydrogen-bond acceptors (Lipinski definition) is 3. The summed E-state index contributed by atoms with van der Waals surface area (Å²) in [5, 5.41) is 6.73. The highest BCUT2D eigenvalue weighted by molar-refractivity contribution is 5.93. The Morgan fingerprint density at radius 3 is 2.36 bits per heavy atom. The van der Waals surface area contributed by atoms with Gasteiger partial charge in [-0.3, -0.25) is 9.79 Å². The van der Waals surface area contributed by atoms with Crippen LogP contribution >= 0.6 is 0 Å². The third kappa shape index (κ3) is 7.15. The van der Waals surface area contributed by atoms with E-state index in [-0.39, 0.29) is 5.91 Å². The maximum atomic E-state index is 11.9. The predicted molar refractivity (Wildman–Crippen MR) is 117 cm³/mol. The van der Waals surface area contributed by atoms with Crippen LogP contribution in [0.25, 0.3) is 0 Å². The van der Waals surface area contributed by atoms with Crippen molar-refractivity contribution in [1.82, 2.24) is 20.4 Å². The van der Waals surface area contributed by atoms with Crippen LogP contribution < -0.4 is 10.6 Å². The summed E-state index contributed by atoms with van der Waals surface area (Å²) in [5.74, 6) is 0.837. The average molecular weight is 388 g/mol. The molecular formula is C22H37N5O. The number of guanidine groups is 1. The fourth-order valence-electron chi connectivity index (χ4n) is 3.67. The zero-order valence-electron chi connectivity index (χ0n) is 18.0. The lowest BCUT2D eigenvalue weighted by atomic mass is 9.94. The molecule has 2 rings (SSSR count). The number of aliphatic imine (C=N–C) groups is 1. The van der Waals surface area contributed by atoms with E-state index in [1.165, 1.54) is 32.1 Å². The highest BCUT2D eigenvalue weighted by Crippen LogP contribution is 2.21. The van der Waals surface area contributed by atoms with Gasteiger partial charge in [0.25, 0.3) is 5.91 Å². The minimum absolute atomic E-state index is 0.0233. The topological polar surface area (TPSA) is 60.0 Å². The van der Waals surface area contributed by atoms with E-state index in [9.17, 15) is 4.79 Å². The van der Waals surface area contributed by atoms with Gasteiger partial charge in [-0.1, -0.05) is 31.4 Å². The van der Waals surface area contributed by atoms with Crippen LogP contribution in [0, 0.1) is 0 Å².